The number of hydrogen-bond acceptors (Lipinski definition) is 3. The van der Waals surface area contributed by atoms with Crippen molar-refractivity contribution in [2.24, 2.45) is 0 Å². The van der Waals surface area contributed by atoms with Gasteiger partial charge in [-0.05, 0) is 56.5 Å². The molecule has 2 saturated heterocycles. The van der Waals surface area contributed by atoms with Gasteiger partial charge < -0.3 is 9.64 Å². The van der Waals surface area contributed by atoms with E-state index in [0.717, 1.165) is 11.8 Å². The van der Waals surface area contributed by atoms with E-state index in [1.54, 1.807) is 7.11 Å². The van der Waals surface area contributed by atoms with Gasteiger partial charge in [0.1, 0.15) is 5.75 Å². The van der Waals surface area contributed by atoms with Crippen molar-refractivity contribution in [1.82, 2.24) is 4.90 Å². The Kier molecular flexibility index (Phi) is 3.88. The van der Waals surface area contributed by atoms with Gasteiger partial charge in [0.15, 0.2) is 0 Å². The number of aryl methyl sites for hydroxylation is 1. The van der Waals surface area contributed by atoms with Crippen LogP contribution in [0.3, 0.4) is 0 Å². The molecule has 0 radical (unpaired) electrons. The van der Waals surface area contributed by atoms with Gasteiger partial charge in [-0.1, -0.05) is 6.92 Å². The van der Waals surface area contributed by atoms with Crippen LogP contribution in [0.2, 0.25) is 0 Å². The molecule has 20 heavy (non-hydrogen) atoms. The summed E-state index contributed by atoms with van der Waals surface area (Å²) in [7, 11) is 1.74. The van der Waals surface area contributed by atoms with Crippen molar-refractivity contribution in [3.05, 3.63) is 23.8 Å². The summed E-state index contributed by atoms with van der Waals surface area (Å²) in [5.41, 5.74) is 2.59. The number of nitrogens with zero attached hydrogens (tertiary/aromatic N) is 2. The van der Waals surface area contributed by atoms with Crippen molar-refractivity contribution in [2.45, 2.75) is 45.2 Å². The summed E-state index contributed by atoms with van der Waals surface area (Å²) in [6, 6.07) is 8.03. The van der Waals surface area contributed by atoms with Crippen molar-refractivity contribution in [1.29, 1.82) is 0 Å². The number of ether oxygens (including phenoxy) is 1. The standard InChI is InChI=1S/C17H26N2O/c1-4-14-11-18-9-5-6-16(18)12-19(14)15-7-8-17(20-3)13(2)10-15/h7-8,10,14,16H,4-6,9,11-12H2,1-3H3. The Balaban J connectivity index is 1.85. The number of hydrogen-bond donors (Lipinski definition) is 0. The van der Waals surface area contributed by atoms with E-state index in [-0.39, 0.29) is 0 Å². The van der Waals surface area contributed by atoms with Crippen LogP contribution in [0.15, 0.2) is 18.2 Å². The largest absolute Gasteiger partial charge is 0.496 e. The zero-order valence-electron chi connectivity index (χ0n) is 12.9. The predicted octanol–water partition coefficient (Wildman–Crippen LogP) is 3.07. The van der Waals surface area contributed by atoms with Crippen LogP contribution in [0, 0.1) is 6.92 Å². The van der Waals surface area contributed by atoms with Gasteiger partial charge in [-0.15, -0.1) is 0 Å². The smallest absolute Gasteiger partial charge is 0.121 e. The van der Waals surface area contributed by atoms with Crippen LogP contribution in [-0.4, -0.2) is 43.7 Å². The maximum atomic E-state index is 5.38. The lowest BCUT2D eigenvalue weighted by atomic mass is 10.0. The SMILES string of the molecule is CCC1CN2CCCC2CN1c1ccc(OC)c(C)c1. The molecular weight excluding hydrogens is 248 g/mol. The Morgan fingerprint density at radius 1 is 1.30 bits per heavy atom. The topological polar surface area (TPSA) is 15.7 Å². The third-order valence-corrected chi connectivity index (χ3v) is 4.97. The molecule has 3 nitrogen and oxygen atoms in total. The Bertz CT molecular complexity index is 474. The van der Waals surface area contributed by atoms with E-state index in [4.69, 9.17) is 4.74 Å². The number of anilines is 1. The van der Waals surface area contributed by atoms with Crippen LogP contribution in [0.5, 0.6) is 5.75 Å². The Hall–Kier alpha value is -1.22. The van der Waals surface area contributed by atoms with Crippen molar-refractivity contribution in [2.75, 3.05) is 31.6 Å². The first-order chi connectivity index (χ1) is 9.72. The summed E-state index contributed by atoms with van der Waals surface area (Å²) in [6.45, 7) is 8.16. The summed E-state index contributed by atoms with van der Waals surface area (Å²) in [5.74, 6) is 0.987. The molecule has 2 aliphatic rings. The van der Waals surface area contributed by atoms with E-state index in [1.165, 1.54) is 50.1 Å². The van der Waals surface area contributed by atoms with Crippen molar-refractivity contribution in [3.8, 4) is 5.75 Å². The fraction of sp³-hybridized carbons (Fsp3) is 0.647. The van der Waals surface area contributed by atoms with Crippen LogP contribution in [0.1, 0.15) is 31.7 Å². The van der Waals surface area contributed by atoms with Gasteiger partial charge in [-0.2, -0.15) is 0 Å². The first kappa shape index (κ1) is 13.7. The van der Waals surface area contributed by atoms with Crippen molar-refractivity contribution < 1.29 is 4.74 Å². The van der Waals surface area contributed by atoms with E-state index in [2.05, 4.69) is 41.8 Å². The third-order valence-electron chi connectivity index (χ3n) is 4.97. The van der Waals surface area contributed by atoms with Gasteiger partial charge in [0.25, 0.3) is 0 Å². The number of fused-ring (bicyclic) bond motifs is 1. The van der Waals surface area contributed by atoms with Crippen LogP contribution in [-0.2, 0) is 0 Å². The van der Waals surface area contributed by atoms with Gasteiger partial charge in [0.05, 0.1) is 7.11 Å². The Morgan fingerprint density at radius 2 is 2.15 bits per heavy atom. The minimum atomic E-state index is 0.650. The first-order valence-electron chi connectivity index (χ1n) is 7.88. The zero-order valence-corrected chi connectivity index (χ0v) is 12.9. The lowest BCUT2D eigenvalue weighted by Crippen LogP contribution is -2.56. The highest BCUT2D eigenvalue weighted by Crippen LogP contribution is 2.32. The average molecular weight is 274 g/mol. The molecule has 0 spiro atoms. The molecule has 1 aromatic rings. The highest BCUT2D eigenvalue weighted by molar-refractivity contribution is 5.54. The van der Waals surface area contributed by atoms with Crippen LogP contribution < -0.4 is 9.64 Å². The molecule has 3 rings (SSSR count). The van der Waals surface area contributed by atoms with Crippen molar-refractivity contribution in [3.63, 3.8) is 0 Å². The van der Waals surface area contributed by atoms with Gasteiger partial charge in [0, 0.05) is 30.9 Å². The lowest BCUT2D eigenvalue weighted by molar-refractivity contribution is 0.194. The molecule has 2 aliphatic heterocycles. The fourth-order valence-electron chi connectivity index (χ4n) is 3.79. The molecule has 2 unspecified atom stereocenters. The summed E-state index contributed by atoms with van der Waals surface area (Å²) in [6.07, 6.45) is 3.95. The van der Waals surface area contributed by atoms with Crippen LogP contribution in [0.4, 0.5) is 5.69 Å². The summed E-state index contributed by atoms with van der Waals surface area (Å²) >= 11 is 0. The highest BCUT2D eigenvalue weighted by atomic mass is 16.5. The van der Waals surface area contributed by atoms with E-state index in [9.17, 15) is 0 Å². The van der Waals surface area contributed by atoms with E-state index in [1.807, 2.05) is 0 Å². The summed E-state index contributed by atoms with van der Waals surface area (Å²) in [5, 5.41) is 0. The quantitative estimate of drug-likeness (QED) is 0.842. The molecule has 2 heterocycles. The van der Waals surface area contributed by atoms with Gasteiger partial charge >= 0.3 is 0 Å². The maximum Gasteiger partial charge on any atom is 0.121 e. The molecular formula is C17H26N2O. The van der Waals surface area contributed by atoms with Gasteiger partial charge in [-0.3, -0.25) is 4.90 Å². The van der Waals surface area contributed by atoms with Crippen LogP contribution in [0.25, 0.3) is 0 Å². The molecule has 0 aliphatic carbocycles. The molecule has 0 aromatic heterocycles. The second-order valence-electron chi connectivity index (χ2n) is 6.16. The van der Waals surface area contributed by atoms with Gasteiger partial charge in [0.2, 0.25) is 0 Å². The highest BCUT2D eigenvalue weighted by Gasteiger charge is 2.35. The first-order valence-corrected chi connectivity index (χ1v) is 7.88. The predicted molar refractivity (Wildman–Crippen MR) is 83.8 cm³/mol. The molecule has 2 atom stereocenters. The molecule has 3 heteroatoms. The van der Waals surface area contributed by atoms with E-state index < -0.39 is 0 Å². The number of piperazine rings is 1. The molecule has 0 bridgehead atoms. The van der Waals surface area contributed by atoms with Crippen molar-refractivity contribution >= 4 is 5.69 Å². The molecule has 1 aromatic carbocycles. The van der Waals surface area contributed by atoms with Crippen LogP contribution >= 0.6 is 0 Å². The van der Waals surface area contributed by atoms with E-state index >= 15 is 0 Å². The molecule has 0 amide bonds. The summed E-state index contributed by atoms with van der Waals surface area (Å²) in [4.78, 5) is 5.32. The number of benzene rings is 1. The minimum absolute atomic E-state index is 0.650. The summed E-state index contributed by atoms with van der Waals surface area (Å²) < 4.78 is 5.38. The fourth-order valence-corrected chi connectivity index (χ4v) is 3.79. The second kappa shape index (κ2) is 5.65. The third kappa shape index (κ3) is 2.39. The zero-order chi connectivity index (χ0) is 14.1. The Morgan fingerprint density at radius 3 is 2.85 bits per heavy atom. The molecule has 0 saturated carbocycles. The lowest BCUT2D eigenvalue weighted by Gasteiger charge is -2.45. The molecule has 2 fully saturated rings. The van der Waals surface area contributed by atoms with E-state index in [0.29, 0.717) is 6.04 Å². The maximum absolute atomic E-state index is 5.38. The van der Waals surface area contributed by atoms with Gasteiger partial charge in [-0.25, -0.2) is 0 Å². The molecule has 0 N–H and O–H groups in total. The number of methoxy groups -OCH3 is 1. The average Bonchev–Trinajstić information content (AvgIpc) is 2.92. The second-order valence-corrected chi connectivity index (χ2v) is 6.16. The Labute approximate surface area is 122 Å². The number of rotatable bonds is 3. The molecule has 110 valence electrons. The minimum Gasteiger partial charge on any atom is -0.496 e. The monoisotopic (exact) mass is 274 g/mol. The normalized spacial score (nSPS) is 26.6.